The van der Waals surface area contributed by atoms with Gasteiger partial charge in [0.15, 0.2) is 0 Å². The Morgan fingerprint density at radius 2 is 1.74 bits per heavy atom. The molecule has 2 rings (SSSR count). The van der Waals surface area contributed by atoms with E-state index in [1.807, 2.05) is 18.2 Å². The molecule has 0 radical (unpaired) electrons. The predicted octanol–water partition coefficient (Wildman–Crippen LogP) is 3.91. The molecule has 4 nitrogen and oxygen atoms in total. The van der Waals surface area contributed by atoms with Crippen molar-refractivity contribution in [2.24, 2.45) is 0 Å². The lowest BCUT2D eigenvalue weighted by Gasteiger charge is -2.11. The SMILES string of the molecule is COC(=O)c1ccc(NC(=O)CS[C@@H](C)c2ccccc2)cc1. The van der Waals surface area contributed by atoms with Gasteiger partial charge in [0.05, 0.1) is 18.4 Å². The van der Waals surface area contributed by atoms with Gasteiger partial charge in [0.2, 0.25) is 5.91 Å². The van der Waals surface area contributed by atoms with Crippen LogP contribution in [0.4, 0.5) is 5.69 Å². The topological polar surface area (TPSA) is 55.4 Å². The van der Waals surface area contributed by atoms with Crippen LogP contribution in [0.5, 0.6) is 0 Å². The van der Waals surface area contributed by atoms with E-state index in [0.29, 0.717) is 17.0 Å². The first-order valence-corrected chi connectivity index (χ1v) is 8.30. The number of anilines is 1. The maximum atomic E-state index is 12.0. The van der Waals surface area contributed by atoms with Crippen LogP contribution in [0.2, 0.25) is 0 Å². The van der Waals surface area contributed by atoms with Crippen molar-refractivity contribution in [3.05, 3.63) is 65.7 Å². The van der Waals surface area contributed by atoms with Crippen molar-refractivity contribution >= 4 is 29.3 Å². The minimum Gasteiger partial charge on any atom is -0.465 e. The van der Waals surface area contributed by atoms with Gasteiger partial charge in [0.25, 0.3) is 0 Å². The molecule has 0 aliphatic carbocycles. The van der Waals surface area contributed by atoms with Gasteiger partial charge in [-0.3, -0.25) is 4.79 Å². The van der Waals surface area contributed by atoms with Crippen LogP contribution in [-0.2, 0) is 9.53 Å². The summed E-state index contributed by atoms with van der Waals surface area (Å²) in [6, 6.07) is 16.7. The number of rotatable bonds is 6. The Labute approximate surface area is 140 Å². The lowest BCUT2D eigenvalue weighted by molar-refractivity contribution is -0.113. The highest BCUT2D eigenvalue weighted by Crippen LogP contribution is 2.27. The molecule has 1 N–H and O–H groups in total. The third kappa shape index (κ3) is 5.14. The van der Waals surface area contributed by atoms with Gasteiger partial charge in [0.1, 0.15) is 0 Å². The number of ether oxygens (including phenoxy) is 1. The molecule has 0 heterocycles. The molecule has 0 spiro atoms. The van der Waals surface area contributed by atoms with Crippen LogP contribution < -0.4 is 5.32 Å². The molecule has 2 aromatic rings. The molecular formula is C18H19NO3S. The van der Waals surface area contributed by atoms with Crippen LogP contribution in [0.1, 0.15) is 28.1 Å². The minimum atomic E-state index is -0.393. The molecule has 1 atom stereocenters. The molecule has 0 aromatic heterocycles. The van der Waals surface area contributed by atoms with E-state index < -0.39 is 5.97 Å². The Hall–Kier alpha value is -2.27. The number of carbonyl (C=O) groups is 2. The Kier molecular flexibility index (Phi) is 6.23. The maximum absolute atomic E-state index is 12.0. The van der Waals surface area contributed by atoms with Gasteiger partial charge in [-0.1, -0.05) is 30.3 Å². The van der Waals surface area contributed by atoms with Crippen LogP contribution in [-0.4, -0.2) is 24.7 Å². The summed E-state index contributed by atoms with van der Waals surface area (Å²) in [7, 11) is 1.34. The van der Waals surface area contributed by atoms with Gasteiger partial charge < -0.3 is 10.1 Å². The fraction of sp³-hybridized carbons (Fsp3) is 0.222. The van der Waals surface area contributed by atoms with Gasteiger partial charge >= 0.3 is 5.97 Å². The first-order valence-electron chi connectivity index (χ1n) is 7.25. The molecule has 0 fully saturated rings. The number of nitrogens with one attached hydrogen (secondary N) is 1. The third-order valence-corrected chi connectivity index (χ3v) is 4.52. The molecule has 2 aromatic carbocycles. The van der Waals surface area contributed by atoms with Crippen LogP contribution in [0.3, 0.4) is 0 Å². The van der Waals surface area contributed by atoms with E-state index in [-0.39, 0.29) is 11.2 Å². The molecule has 0 unspecified atom stereocenters. The van der Waals surface area contributed by atoms with Crippen LogP contribution in [0.15, 0.2) is 54.6 Å². The van der Waals surface area contributed by atoms with Crippen molar-refractivity contribution in [2.75, 3.05) is 18.2 Å². The van der Waals surface area contributed by atoms with E-state index >= 15 is 0 Å². The van der Waals surface area contributed by atoms with Crippen molar-refractivity contribution in [3.8, 4) is 0 Å². The van der Waals surface area contributed by atoms with E-state index in [1.165, 1.54) is 12.7 Å². The first-order chi connectivity index (χ1) is 11.1. The molecule has 0 saturated carbocycles. The largest absolute Gasteiger partial charge is 0.465 e. The Bertz CT molecular complexity index is 656. The third-order valence-electron chi connectivity index (χ3n) is 3.32. The second-order valence-electron chi connectivity index (χ2n) is 4.98. The summed E-state index contributed by atoms with van der Waals surface area (Å²) < 4.78 is 4.63. The molecular weight excluding hydrogens is 310 g/mol. The zero-order valence-corrected chi connectivity index (χ0v) is 13.9. The number of hydrogen-bond donors (Lipinski definition) is 1. The van der Waals surface area contributed by atoms with Crippen molar-refractivity contribution in [1.29, 1.82) is 0 Å². The highest BCUT2D eigenvalue weighted by Gasteiger charge is 2.10. The van der Waals surface area contributed by atoms with E-state index in [0.717, 1.165) is 0 Å². The lowest BCUT2D eigenvalue weighted by atomic mass is 10.2. The first kappa shape index (κ1) is 17.1. The highest BCUT2D eigenvalue weighted by molar-refractivity contribution is 8.00. The summed E-state index contributed by atoms with van der Waals surface area (Å²) >= 11 is 1.58. The Morgan fingerprint density at radius 1 is 1.09 bits per heavy atom. The summed E-state index contributed by atoms with van der Waals surface area (Å²) in [6.07, 6.45) is 0. The van der Waals surface area contributed by atoms with Gasteiger partial charge in [0, 0.05) is 10.9 Å². The summed E-state index contributed by atoms with van der Waals surface area (Å²) in [5.41, 5.74) is 2.32. The second kappa shape index (κ2) is 8.39. The molecule has 5 heteroatoms. The van der Waals surface area contributed by atoms with Crippen molar-refractivity contribution < 1.29 is 14.3 Å². The normalized spacial score (nSPS) is 11.6. The van der Waals surface area contributed by atoms with Crippen molar-refractivity contribution in [2.45, 2.75) is 12.2 Å². The smallest absolute Gasteiger partial charge is 0.337 e. The molecule has 0 saturated heterocycles. The summed E-state index contributed by atoms with van der Waals surface area (Å²) in [6.45, 7) is 2.08. The van der Waals surface area contributed by atoms with Gasteiger partial charge in [-0.05, 0) is 36.8 Å². The summed E-state index contributed by atoms with van der Waals surface area (Å²) in [5, 5.41) is 3.07. The second-order valence-corrected chi connectivity index (χ2v) is 6.31. The fourth-order valence-electron chi connectivity index (χ4n) is 2.03. The van der Waals surface area contributed by atoms with Gasteiger partial charge in [-0.15, -0.1) is 11.8 Å². The predicted molar refractivity (Wildman–Crippen MR) is 93.7 cm³/mol. The fourth-order valence-corrected chi connectivity index (χ4v) is 2.85. The molecule has 23 heavy (non-hydrogen) atoms. The van der Waals surface area contributed by atoms with Gasteiger partial charge in [-0.2, -0.15) is 0 Å². The monoisotopic (exact) mass is 329 g/mol. The molecule has 120 valence electrons. The highest BCUT2D eigenvalue weighted by atomic mass is 32.2. The number of esters is 1. The number of hydrogen-bond acceptors (Lipinski definition) is 4. The summed E-state index contributed by atoms with van der Waals surface area (Å²) in [4.78, 5) is 23.3. The van der Waals surface area contributed by atoms with E-state index in [4.69, 9.17) is 0 Å². The number of benzene rings is 2. The number of thioether (sulfide) groups is 1. The molecule has 0 aliphatic rings. The van der Waals surface area contributed by atoms with Gasteiger partial charge in [-0.25, -0.2) is 4.79 Å². The zero-order valence-electron chi connectivity index (χ0n) is 13.1. The Morgan fingerprint density at radius 3 is 2.35 bits per heavy atom. The van der Waals surface area contributed by atoms with E-state index in [9.17, 15) is 9.59 Å². The number of amides is 1. The molecule has 0 bridgehead atoms. The van der Waals surface area contributed by atoms with Crippen LogP contribution in [0, 0.1) is 0 Å². The molecule has 0 aliphatic heterocycles. The minimum absolute atomic E-state index is 0.0661. The average molecular weight is 329 g/mol. The standard InChI is InChI=1S/C18H19NO3S/c1-13(14-6-4-3-5-7-14)23-12-17(20)19-16-10-8-15(9-11-16)18(21)22-2/h3-11,13H,12H2,1-2H3,(H,19,20)/t13-/m0/s1. The average Bonchev–Trinajstić information content (AvgIpc) is 2.60. The molecule has 1 amide bonds. The van der Waals surface area contributed by atoms with E-state index in [1.54, 1.807) is 36.0 Å². The van der Waals surface area contributed by atoms with Crippen molar-refractivity contribution in [1.82, 2.24) is 0 Å². The quantitative estimate of drug-likeness (QED) is 0.817. The number of methoxy groups -OCH3 is 1. The lowest BCUT2D eigenvalue weighted by Crippen LogP contribution is -2.14. The zero-order chi connectivity index (χ0) is 16.7. The Balaban J connectivity index is 1.84. The summed E-state index contributed by atoms with van der Waals surface area (Å²) in [5.74, 6) is -0.0897. The number of carbonyl (C=O) groups excluding carboxylic acids is 2. The van der Waals surface area contributed by atoms with E-state index in [2.05, 4.69) is 29.1 Å². The van der Waals surface area contributed by atoms with Crippen molar-refractivity contribution in [3.63, 3.8) is 0 Å². The van der Waals surface area contributed by atoms with Crippen LogP contribution in [0.25, 0.3) is 0 Å². The maximum Gasteiger partial charge on any atom is 0.337 e. The van der Waals surface area contributed by atoms with Crippen LogP contribution >= 0.6 is 11.8 Å².